The maximum absolute atomic E-state index is 12.8. The Bertz CT molecular complexity index is 1280. The average molecular weight is 529 g/mol. The lowest BCUT2D eigenvalue weighted by atomic mass is 10.2. The summed E-state index contributed by atoms with van der Waals surface area (Å²) in [5.74, 6) is -3.24. The number of carbonyl (C=O) groups excluding carboxylic acids is 2. The predicted molar refractivity (Wildman–Crippen MR) is 133 cm³/mol. The number of hydrogen-bond acceptors (Lipinski definition) is 7. The van der Waals surface area contributed by atoms with Crippen molar-refractivity contribution in [2.45, 2.75) is 27.3 Å². The number of alkyl carbamates (subject to hydrolysis) is 1. The van der Waals surface area contributed by atoms with E-state index in [1.165, 1.54) is 23.9 Å². The Balaban J connectivity index is 1.52. The molecule has 3 rings (SSSR count). The lowest BCUT2D eigenvalue weighted by Gasteiger charge is -2.15. The highest BCUT2D eigenvalue weighted by atomic mass is 32.2. The zero-order valence-corrected chi connectivity index (χ0v) is 20.6. The third-order valence-corrected chi connectivity index (χ3v) is 7.57. The van der Waals surface area contributed by atoms with E-state index in [0.717, 1.165) is 15.4 Å². The molecule has 0 aliphatic carbocycles. The molecule has 9 nitrogen and oxygen atoms in total. The SMILES string of the molecule is O=C(CNC(=O)OCc1ccccc1)NC(CS(=O)(=O)c1ccc(Sc2ccccc2)cc1)C(=O)O. The molecule has 188 valence electrons. The van der Waals surface area contributed by atoms with Crippen LogP contribution in [-0.4, -0.2) is 49.8 Å². The van der Waals surface area contributed by atoms with Crippen LogP contribution in [0.4, 0.5) is 4.79 Å². The van der Waals surface area contributed by atoms with Gasteiger partial charge in [0.2, 0.25) is 5.91 Å². The lowest BCUT2D eigenvalue weighted by Crippen LogP contribution is -2.48. The van der Waals surface area contributed by atoms with Crippen molar-refractivity contribution in [1.82, 2.24) is 10.6 Å². The fraction of sp³-hybridized carbons (Fsp3) is 0.160. The van der Waals surface area contributed by atoms with Crippen molar-refractivity contribution in [3.8, 4) is 0 Å². The van der Waals surface area contributed by atoms with E-state index in [1.807, 2.05) is 36.4 Å². The van der Waals surface area contributed by atoms with Gasteiger partial charge in [0, 0.05) is 9.79 Å². The first-order valence-corrected chi connectivity index (χ1v) is 13.2. The summed E-state index contributed by atoms with van der Waals surface area (Å²) in [6.45, 7) is -0.588. The topological polar surface area (TPSA) is 139 Å². The number of nitrogens with one attached hydrogen (secondary N) is 2. The van der Waals surface area contributed by atoms with E-state index >= 15 is 0 Å². The van der Waals surface area contributed by atoms with Gasteiger partial charge in [-0.25, -0.2) is 18.0 Å². The molecule has 0 saturated carbocycles. The Morgan fingerprint density at radius 3 is 2.06 bits per heavy atom. The van der Waals surface area contributed by atoms with Gasteiger partial charge in [-0.15, -0.1) is 0 Å². The molecule has 0 bridgehead atoms. The summed E-state index contributed by atoms with van der Waals surface area (Å²) in [4.78, 5) is 37.2. The minimum atomic E-state index is -4.03. The van der Waals surface area contributed by atoms with Crippen molar-refractivity contribution in [3.63, 3.8) is 0 Å². The molecule has 0 aromatic heterocycles. The molecule has 1 unspecified atom stereocenters. The van der Waals surface area contributed by atoms with Crippen LogP contribution in [0.1, 0.15) is 5.56 Å². The number of ether oxygens (including phenoxy) is 1. The number of aliphatic carboxylic acids is 1. The van der Waals surface area contributed by atoms with Gasteiger partial charge in [0.1, 0.15) is 19.2 Å². The molecule has 0 aliphatic rings. The molecular formula is C25H24N2O7S2. The van der Waals surface area contributed by atoms with Crippen LogP contribution in [0, 0.1) is 0 Å². The molecule has 11 heteroatoms. The smallest absolute Gasteiger partial charge is 0.407 e. The highest BCUT2D eigenvalue weighted by Crippen LogP contribution is 2.28. The number of rotatable bonds is 11. The second-order valence-electron chi connectivity index (χ2n) is 7.54. The van der Waals surface area contributed by atoms with Crippen molar-refractivity contribution < 1.29 is 32.6 Å². The van der Waals surface area contributed by atoms with E-state index in [1.54, 1.807) is 36.4 Å². The van der Waals surface area contributed by atoms with Gasteiger partial charge >= 0.3 is 12.1 Å². The molecule has 3 aromatic carbocycles. The molecule has 36 heavy (non-hydrogen) atoms. The number of carboxylic acids is 1. The van der Waals surface area contributed by atoms with Gasteiger partial charge in [0.15, 0.2) is 9.84 Å². The van der Waals surface area contributed by atoms with Crippen LogP contribution in [0.2, 0.25) is 0 Å². The summed E-state index contributed by atoms with van der Waals surface area (Å²) < 4.78 is 30.5. The van der Waals surface area contributed by atoms with Gasteiger partial charge in [0.05, 0.1) is 10.6 Å². The first-order valence-electron chi connectivity index (χ1n) is 10.8. The fourth-order valence-corrected chi connectivity index (χ4v) is 5.25. The summed E-state index contributed by atoms with van der Waals surface area (Å²) in [7, 11) is -4.03. The largest absolute Gasteiger partial charge is 0.480 e. The van der Waals surface area contributed by atoms with Crippen molar-refractivity contribution >= 4 is 39.6 Å². The Morgan fingerprint density at radius 1 is 0.861 bits per heavy atom. The van der Waals surface area contributed by atoms with Crippen LogP contribution < -0.4 is 10.6 Å². The van der Waals surface area contributed by atoms with E-state index in [0.29, 0.717) is 0 Å². The monoisotopic (exact) mass is 528 g/mol. The molecule has 0 saturated heterocycles. The zero-order chi connectivity index (χ0) is 26.0. The van der Waals surface area contributed by atoms with Crippen molar-refractivity contribution in [2.75, 3.05) is 12.3 Å². The Labute approximate surface area is 212 Å². The van der Waals surface area contributed by atoms with E-state index in [9.17, 15) is 27.9 Å². The van der Waals surface area contributed by atoms with E-state index in [-0.39, 0.29) is 11.5 Å². The molecule has 0 aliphatic heterocycles. The Hall–Kier alpha value is -3.83. The number of carbonyl (C=O) groups is 3. The van der Waals surface area contributed by atoms with Crippen LogP contribution in [-0.2, 0) is 30.8 Å². The highest BCUT2D eigenvalue weighted by molar-refractivity contribution is 7.99. The lowest BCUT2D eigenvalue weighted by molar-refractivity contribution is -0.141. The van der Waals surface area contributed by atoms with E-state index < -0.39 is 46.1 Å². The van der Waals surface area contributed by atoms with Gasteiger partial charge < -0.3 is 20.5 Å². The molecule has 1 atom stereocenters. The predicted octanol–water partition coefficient (Wildman–Crippen LogP) is 3.11. The third kappa shape index (κ3) is 8.43. The van der Waals surface area contributed by atoms with Crippen LogP contribution in [0.15, 0.2) is 99.6 Å². The van der Waals surface area contributed by atoms with Crippen LogP contribution >= 0.6 is 11.8 Å². The Morgan fingerprint density at radius 2 is 1.44 bits per heavy atom. The van der Waals surface area contributed by atoms with Gasteiger partial charge in [0.25, 0.3) is 0 Å². The minimum Gasteiger partial charge on any atom is -0.480 e. The summed E-state index contributed by atoms with van der Waals surface area (Å²) in [6, 6.07) is 22.8. The molecule has 0 radical (unpaired) electrons. The van der Waals surface area contributed by atoms with Crippen molar-refractivity contribution in [2.24, 2.45) is 0 Å². The normalized spacial score (nSPS) is 11.8. The zero-order valence-electron chi connectivity index (χ0n) is 19.0. The number of hydrogen-bond donors (Lipinski definition) is 3. The first kappa shape index (κ1) is 26.8. The van der Waals surface area contributed by atoms with Crippen LogP contribution in [0.25, 0.3) is 0 Å². The minimum absolute atomic E-state index is 0.00701. The molecule has 0 fully saturated rings. The summed E-state index contributed by atoms with van der Waals surface area (Å²) >= 11 is 1.45. The quantitative estimate of drug-likeness (QED) is 0.345. The van der Waals surface area contributed by atoms with Crippen molar-refractivity contribution in [1.29, 1.82) is 0 Å². The van der Waals surface area contributed by atoms with E-state index in [2.05, 4.69) is 10.6 Å². The maximum Gasteiger partial charge on any atom is 0.407 e. The van der Waals surface area contributed by atoms with Gasteiger partial charge in [-0.3, -0.25) is 4.79 Å². The average Bonchev–Trinajstić information content (AvgIpc) is 2.87. The second kappa shape index (κ2) is 12.8. The fourth-order valence-electron chi connectivity index (χ4n) is 3.00. The third-order valence-electron chi connectivity index (χ3n) is 4.79. The summed E-state index contributed by atoms with van der Waals surface area (Å²) in [5, 5.41) is 13.8. The molecular weight excluding hydrogens is 504 g/mol. The second-order valence-corrected chi connectivity index (χ2v) is 10.7. The number of amides is 2. The van der Waals surface area contributed by atoms with Crippen LogP contribution in [0.3, 0.4) is 0 Å². The maximum atomic E-state index is 12.8. The highest BCUT2D eigenvalue weighted by Gasteiger charge is 2.28. The molecule has 3 aromatic rings. The van der Waals surface area contributed by atoms with Gasteiger partial charge in [-0.2, -0.15) is 0 Å². The Kier molecular flexibility index (Phi) is 9.48. The van der Waals surface area contributed by atoms with E-state index in [4.69, 9.17) is 4.74 Å². The van der Waals surface area contributed by atoms with Crippen molar-refractivity contribution in [3.05, 3.63) is 90.5 Å². The molecule has 0 heterocycles. The van der Waals surface area contributed by atoms with Crippen LogP contribution in [0.5, 0.6) is 0 Å². The summed E-state index contributed by atoms with van der Waals surface area (Å²) in [6.07, 6.45) is -0.873. The number of carboxylic acid groups (broad SMARTS) is 1. The number of sulfone groups is 1. The standard InChI is InChI=1S/C25H24N2O7S2/c28-23(15-26-25(31)34-16-18-7-3-1-4-8-18)27-22(24(29)30)17-36(32,33)21-13-11-20(12-14-21)35-19-9-5-2-6-10-19/h1-14,22H,15-17H2,(H,26,31)(H,27,28)(H,29,30). The van der Waals surface area contributed by atoms with Gasteiger partial charge in [-0.05, 0) is 42.0 Å². The molecule has 3 N–H and O–H groups in total. The number of benzene rings is 3. The van der Waals surface area contributed by atoms with Gasteiger partial charge in [-0.1, -0.05) is 60.3 Å². The molecule has 2 amide bonds. The summed E-state index contributed by atoms with van der Waals surface area (Å²) in [5.41, 5.74) is 0.750. The first-order chi connectivity index (χ1) is 17.2. The molecule has 0 spiro atoms.